The topological polar surface area (TPSA) is 75.6 Å². The number of ether oxygens (including phenoxy) is 1. The molecule has 0 aliphatic carbocycles. The van der Waals surface area contributed by atoms with E-state index < -0.39 is 17.7 Å². The SMILES string of the molecule is CC(C)(C)OC(=O)Nc1cc(CCC(=O)O)ccc1Cl. The zero-order valence-electron chi connectivity index (χ0n) is 11.7. The molecule has 0 aliphatic heterocycles. The Balaban J connectivity index is 2.76. The minimum atomic E-state index is -0.874. The quantitative estimate of drug-likeness (QED) is 0.888. The summed E-state index contributed by atoms with van der Waals surface area (Å²) in [5.74, 6) is -0.874. The van der Waals surface area contributed by atoms with Crippen molar-refractivity contribution in [3.63, 3.8) is 0 Å². The highest BCUT2D eigenvalue weighted by molar-refractivity contribution is 6.33. The fourth-order valence-corrected chi connectivity index (χ4v) is 1.65. The van der Waals surface area contributed by atoms with Gasteiger partial charge in [0.2, 0.25) is 0 Å². The summed E-state index contributed by atoms with van der Waals surface area (Å²) in [6, 6.07) is 4.99. The van der Waals surface area contributed by atoms with Gasteiger partial charge in [-0.05, 0) is 44.9 Å². The summed E-state index contributed by atoms with van der Waals surface area (Å²) in [6.07, 6.45) is -0.210. The van der Waals surface area contributed by atoms with Crippen LogP contribution >= 0.6 is 11.6 Å². The Labute approximate surface area is 122 Å². The van der Waals surface area contributed by atoms with Crippen molar-refractivity contribution >= 4 is 29.4 Å². The van der Waals surface area contributed by atoms with Crippen LogP contribution in [0.25, 0.3) is 0 Å². The van der Waals surface area contributed by atoms with Crippen LogP contribution in [0.4, 0.5) is 10.5 Å². The van der Waals surface area contributed by atoms with Crippen molar-refractivity contribution in [2.24, 2.45) is 0 Å². The summed E-state index contributed by atoms with van der Waals surface area (Å²) in [5.41, 5.74) is 0.587. The fourth-order valence-electron chi connectivity index (χ4n) is 1.49. The summed E-state index contributed by atoms with van der Waals surface area (Å²) in [6.45, 7) is 5.28. The van der Waals surface area contributed by atoms with E-state index in [0.29, 0.717) is 17.1 Å². The number of hydrogen-bond donors (Lipinski definition) is 2. The first-order chi connectivity index (χ1) is 9.17. The molecule has 0 radical (unpaired) electrons. The molecular weight excluding hydrogens is 282 g/mol. The Morgan fingerprint density at radius 2 is 2.00 bits per heavy atom. The lowest BCUT2D eigenvalue weighted by Crippen LogP contribution is -2.27. The van der Waals surface area contributed by atoms with Crippen LogP contribution in [0.3, 0.4) is 0 Å². The van der Waals surface area contributed by atoms with Crippen LogP contribution in [0.1, 0.15) is 32.8 Å². The second-order valence-corrected chi connectivity index (χ2v) is 5.74. The molecule has 0 bridgehead atoms. The van der Waals surface area contributed by atoms with Crippen LogP contribution < -0.4 is 5.32 Å². The van der Waals surface area contributed by atoms with Crippen molar-refractivity contribution < 1.29 is 19.4 Å². The van der Waals surface area contributed by atoms with Gasteiger partial charge >= 0.3 is 12.1 Å². The number of carboxylic acid groups (broad SMARTS) is 1. The van der Waals surface area contributed by atoms with Gasteiger partial charge < -0.3 is 9.84 Å². The highest BCUT2D eigenvalue weighted by Crippen LogP contribution is 2.24. The van der Waals surface area contributed by atoms with Crippen molar-refractivity contribution in [1.29, 1.82) is 0 Å². The number of aliphatic carboxylic acids is 1. The van der Waals surface area contributed by atoms with E-state index in [2.05, 4.69) is 5.32 Å². The molecule has 5 nitrogen and oxygen atoms in total. The lowest BCUT2D eigenvalue weighted by Gasteiger charge is -2.20. The molecule has 1 rings (SSSR count). The fraction of sp³-hybridized carbons (Fsp3) is 0.429. The number of nitrogens with one attached hydrogen (secondary N) is 1. The largest absolute Gasteiger partial charge is 0.481 e. The summed E-state index contributed by atoms with van der Waals surface area (Å²) in [7, 11) is 0. The first kappa shape index (κ1) is 16.3. The zero-order chi connectivity index (χ0) is 15.3. The van der Waals surface area contributed by atoms with Gasteiger partial charge in [-0.1, -0.05) is 17.7 Å². The van der Waals surface area contributed by atoms with E-state index in [1.165, 1.54) is 0 Å². The minimum Gasteiger partial charge on any atom is -0.481 e. The molecule has 0 atom stereocenters. The number of benzene rings is 1. The second-order valence-electron chi connectivity index (χ2n) is 5.33. The first-order valence-corrected chi connectivity index (χ1v) is 6.55. The average molecular weight is 300 g/mol. The van der Waals surface area contributed by atoms with E-state index in [9.17, 15) is 9.59 Å². The van der Waals surface area contributed by atoms with Crippen molar-refractivity contribution in [3.8, 4) is 0 Å². The molecule has 0 saturated carbocycles. The second kappa shape index (κ2) is 6.61. The van der Waals surface area contributed by atoms with Gasteiger partial charge in [0.15, 0.2) is 0 Å². The van der Waals surface area contributed by atoms with E-state index in [1.807, 2.05) is 0 Å². The molecule has 1 aromatic carbocycles. The molecule has 0 aliphatic rings. The molecule has 0 heterocycles. The molecule has 20 heavy (non-hydrogen) atoms. The predicted octanol–water partition coefficient (Wildman–Crippen LogP) is 3.70. The summed E-state index contributed by atoms with van der Waals surface area (Å²) in [4.78, 5) is 22.2. The monoisotopic (exact) mass is 299 g/mol. The maximum atomic E-state index is 11.7. The lowest BCUT2D eigenvalue weighted by atomic mass is 10.1. The maximum absolute atomic E-state index is 11.7. The first-order valence-electron chi connectivity index (χ1n) is 6.17. The predicted molar refractivity (Wildman–Crippen MR) is 77.3 cm³/mol. The molecule has 110 valence electrons. The highest BCUT2D eigenvalue weighted by atomic mass is 35.5. The Kier molecular flexibility index (Phi) is 5.39. The van der Waals surface area contributed by atoms with Gasteiger partial charge in [-0.15, -0.1) is 0 Å². The zero-order valence-corrected chi connectivity index (χ0v) is 12.5. The maximum Gasteiger partial charge on any atom is 0.412 e. The van der Waals surface area contributed by atoms with Crippen LogP contribution in [-0.4, -0.2) is 22.8 Å². The van der Waals surface area contributed by atoms with E-state index in [-0.39, 0.29) is 6.42 Å². The molecule has 0 spiro atoms. The Bertz CT molecular complexity index is 508. The number of carbonyl (C=O) groups is 2. The minimum absolute atomic E-state index is 0.0213. The number of aryl methyl sites for hydroxylation is 1. The third-order valence-electron chi connectivity index (χ3n) is 2.29. The van der Waals surface area contributed by atoms with Gasteiger partial charge in [0.25, 0.3) is 0 Å². The molecule has 1 aromatic rings. The summed E-state index contributed by atoms with van der Waals surface area (Å²) >= 11 is 5.99. The number of carboxylic acids is 1. The van der Waals surface area contributed by atoms with E-state index >= 15 is 0 Å². The summed E-state index contributed by atoms with van der Waals surface area (Å²) in [5, 5.41) is 11.6. The average Bonchev–Trinajstić information content (AvgIpc) is 2.27. The van der Waals surface area contributed by atoms with Gasteiger partial charge in [0.05, 0.1) is 10.7 Å². The van der Waals surface area contributed by atoms with Gasteiger partial charge in [-0.3, -0.25) is 10.1 Å². The van der Waals surface area contributed by atoms with Crippen molar-refractivity contribution in [3.05, 3.63) is 28.8 Å². The standard InChI is InChI=1S/C14H18ClNO4/c1-14(2,3)20-13(19)16-11-8-9(4-6-10(11)15)5-7-12(17)18/h4,6,8H,5,7H2,1-3H3,(H,16,19)(H,17,18). The summed E-state index contributed by atoms with van der Waals surface area (Å²) < 4.78 is 5.13. The highest BCUT2D eigenvalue weighted by Gasteiger charge is 2.17. The Morgan fingerprint density at radius 3 is 2.55 bits per heavy atom. The smallest absolute Gasteiger partial charge is 0.412 e. The van der Waals surface area contributed by atoms with Crippen LogP contribution in [0.5, 0.6) is 0 Å². The lowest BCUT2D eigenvalue weighted by molar-refractivity contribution is -0.136. The third-order valence-corrected chi connectivity index (χ3v) is 2.62. The number of amides is 1. The molecule has 6 heteroatoms. The van der Waals surface area contributed by atoms with Gasteiger partial charge in [0.1, 0.15) is 5.60 Å². The number of rotatable bonds is 4. The number of anilines is 1. The molecule has 2 N–H and O–H groups in total. The normalized spacial score (nSPS) is 11.0. The van der Waals surface area contributed by atoms with Gasteiger partial charge in [-0.2, -0.15) is 0 Å². The van der Waals surface area contributed by atoms with Crippen molar-refractivity contribution in [1.82, 2.24) is 0 Å². The van der Waals surface area contributed by atoms with Crippen LogP contribution in [0, 0.1) is 0 Å². The van der Waals surface area contributed by atoms with Gasteiger partial charge in [-0.25, -0.2) is 4.79 Å². The Morgan fingerprint density at radius 1 is 1.35 bits per heavy atom. The van der Waals surface area contributed by atoms with Crippen LogP contribution in [-0.2, 0) is 16.0 Å². The van der Waals surface area contributed by atoms with E-state index in [4.69, 9.17) is 21.4 Å². The molecule has 0 aromatic heterocycles. The van der Waals surface area contributed by atoms with Gasteiger partial charge in [0, 0.05) is 6.42 Å². The molecule has 0 fully saturated rings. The molecule has 0 saturated heterocycles. The molecule has 0 unspecified atom stereocenters. The number of hydrogen-bond acceptors (Lipinski definition) is 3. The number of halogens is 1. The van der Waals surface area contributed by atoms with E-state index in [1.54, 1.807) is 39.0 Å². The van der Waals surface area contributed by atoms with E-state index in [0.717, 1.165) is 5.56 Å². The van der Waals surface area contributed by atoms with Crippen LogP contribution in [0.2, 0.25) is 5.02 Å². The van der Waals surface area contributed by atoms with Crippen molar-refractivity contribution in [2.45, 2.75) is 39.2 Å². The molecular formula is C14H18ClNO4. The third kappa shape index (κ3) is 5.93. The number of carbonyl (C=O) groups excluding carboxylic acids is 1. The van der Waals surface area contributed by atoms with Crippen molar-refractivity contribution in [2.75, 3.05) is 5.32 Å². The Hall–Kier alpha value is -1.75. The molecule has 1 amide bonds. The van der Waals surface area contributed by atoms with Crippen LogP contribution in [0.15, 0.2) is 18.2 Å².